The number of hydrogen-bond donors (Lipinski definition) is 1. The van der Waals surface area contributed by atoms with Crippen molar-refractivity contribution in [2.24, 2.45) is 0 Å². The number of anilines is 2. The molecule has 0 spiro atoms. The molecule has 0 bridgehead atoms. The minimum atomic E-state index is -0.546. The molecule has 1 fully saturated rings. The van der Waals surface area contributed by atoms with E-state index in [0.717, 1.165) is 17.0 Å². The first-order valence-electron chi connectivity index (χ1n) is 7.43. The van der Waals surface area contributed by atoms with Crippen molar-refractivity contribution in [3.05, 3.63) is 54.1 Å². The van der Waals surface area contributed by atoms with E-state index < -0.39 is 6.04 Å². The molecule has 1 saturated heterocycles. The molecule has 3 rings (SSSR count). The van der Waals surface area contributed by atoms with Crippen molar-refractivity contribution < 1.29 is 14.3 Å². The Balaban J connectivity index is 1.79. The lowest BCUT2D eigenvalue weighted by atomic mass is 10.2. The van der Waals surface area contributed by atoms with Crippen molar-refractivity contribution in [3.63, 3.8) is 0 Å². The molecule has 2 aromatic rings. The molecule has 0 saturated carbocycles. The zero-order valence-corrected chi connectivity index (χ0v) is 13.1. The minimum Gasteiger partial charge on any atom is -0.497 e. The van der Waals surface area contributed by atoms with Gasteiger partial charge in [-0.2, -0.15) is 0 Å². The van der Waals surface area contributed by atoms with Crippen LogP contribution < -0.4 is 15.0 Å². The number of rotatable bonds is 4. The highest BCUT2D eigenvalue weighted by Crippen LogP contribution is 2.27. The fraction of sp³-hybridized carbons (Fsp3) is 0.222. The van der Waals surface area contributed by atoms with Crippen LogP contribution in [0.2, 0.25) is 0 Å². The first-order valence-corrected chi connectivity index (χ1v) is 7.43. The SMILES string of the molecule is COc1ccc(N[C@@H]2CC(=O)N(c3ccccc3C)C2=O)cc1. The van der Waals surface area contributed by atoms with Gasteiger partial charge in [-0.15, -0.1) is 0 Å². The first kappa shape index (κ1) is 15.1. The molecular formula is C18H18N2O3. The molecule has 1 aliphatic heterocycles. The Morgan fingerprint density at radius 2 is 1.78 bits per heavy atom. The van der Waals surface area contributed by atoms with E-state index in [1.54, 1.807) is 13.2 Å². The van der Waals surface area contributed by atoms with E-state index in [1.807, 2.05) is 49.4 Å². The summed E-state index contributed by atoms with van der Waals surface area (Å²) in [5, 5.41) is 3.12. The Hall–Kier alpha value is -2.82. The molecule has 0 aliphatic carbocycles. The van der Waals surface area contributed by atoms with Gasteiger partial charge in [0.1, 0.15) is 11.8 Å². The van der Waals surface area contributed by atoms with Gasteiger partial charge in [0.2, 0.25) is 5.91 Å². The Bertz CT molecular complexity index is 740. The molecule has 1 N–H and O–H groups in total. The number of para-hydroxylation sites is 1. The number of imide groups is 1. The summed E-state index contributed by atoms with van der Waals surface area (Å²) in [7, 11) is 1.60. The number of aryl methyl sites for hydroxylation is 1. The van der Waals surface area contributed by atoms with Crippen molar-refractivity contribution in [3.8, 4) is 5.75 Å². The molecule has 0 aromatic heterocycles. The summed E-state index contributed by atoms with van der Waals surface area (Å²) in [5.74, 6) is 0.335. The van der Waals surface area contributed by atoms with E-state index in [2.05, 4.69) is 5.32 Å². The van der Waals surface area contributed by atoms with E-state index in [-0.39, 0.29) is 18.2 Å². The van der Waals surface area contributed by atoms with Crippen molar-refractivity contribution in [2.45, 2.75) is 19.4 Å². The molecule has 5 heteroatoms. The van der Waals surface area contributed by atoms with Crippen molar-refractivity contribution >= 4 is 23.2 Å². The fourth-order valence-corrected chi connectivity index (χ4v) is 2.70. The number of hydrogen-bond acceptors (Lipinski definition) is 4. The molecular weight excluding hydrogens is 292 g/mol. The largest absolute Gasteiger partial charge is 0.497 e. The number of nitrogens with one attached hydrogen (secondary N) is 1. The number of carbonyl (C=O) groups is 2. The van der Waals surface area contributed by atoms with Gasteiger partial charge in [-0.25, -0.2) is 4.90 Å². The van der Waals surface area contributed by atoms with Crippen molar-refractivity contribution in [1.82, 2.24) is 0 Å². The monoisotopic (exact) mass is 310 g/mol. The number of amides is 2. The summed E-state index contributed by atoms with van der Waals surface area (Å²) < 4.78 is 5.11. The number of carbonyl (C=O) groups excluding carboxylic acids is 2. The predicted octanol–water partition coefficient (Wildman–Crippen LogP) is 2.75. The van der Waals surface area contributed by atoms with Crippen molar-refractivity contribution in [1.29, 1.82) is 0 Å². The van der Waals surface area contributed by atoms with Crippen LogP contribution in [0.25, 0.3) is 0 Å². The molecule has 2 amide bonds. The average Bonchev–Trinajstić information content (AvgIpc) is 2.83. The maximum Gasteiger partial charge on any atom is 0.256 e. The molecule has 23 heavy (non-hydrogen) atoms. The van der Waals surface area contributed by atoms with Crippen LogP contribution in [-0.4, -0.2) is 25.0 Å². The topological polar surface area (TPSA) is 58.6 Å². The second-order valence-corrected chi connectivity index (χ2v) is 5.48. The Labute approximate surface area is 134 Å². The number of nitrogens with zero attached hydrogens (tertiary/aromatic N) is 1. The third-order valence-corrected chi connectivity index (χ3v) is 3.93. The first-order chi connectivity index (χ1) is 11.1. The van der Waals surface area contributed by atoms with Crippen LogP contribution >= 0.6 is 0 Å². The smallest absolute Gasteiger partial charge is 0.256 e. The Morgan fingerprint density at radius 1 is 1.09 bits per heavy atom. The summed E-state index contributed by atoms with van der Waals surface area (Å²) in [4.78, 5) is 26.2. The van der Waals surface area contributed by atoms with Gasteiger partial charge in [-0.3, -0.25) is 9.59 Å². The summed E-state index contributed by atoms with van der Waals surface area (Å²) in [6.07, 6.45) is 0.152. The van der Waals surface area contributed by atoms with Crippen LogP contribution in [0.4, 0.5) is 11.4 Å². The number of ether oxygens (including phenoxy) is 1. The third kappa shape index (κ3) is 2.90. The highest BCUT2D eigenvalue weighted by atomic mass is 16.5. The van der Waals surface area contributed by atoms with Gasteiger partial charge in [-0.1, -0.05) is 18.2 Å². The Morgan fingerprint density at radius 3 is 2.43 bits per heavy atom. The molecule has 1 atom stereocenters. The van der Waals surface area contributed by atoms with E-state index >= 15 is 0 Å². The normalized spacial score (nSPS) is 17.5. The minimum absolute atomic E-state index is 0.152. The molecule has 1 aliphatic rings. The quantitative estimate of drug-likeness (QED) is 0.882. The lowest BCUT2D eigenvalue weighted by Gasteiger charge is -2.18. The lowest BCUT2D eigenvalue weighted by molar-refractivity contribution is -0.121. The van der Waals surface area contributed by atoms with Gasteiger partial charge in [0.05, 0.1) is 19.2 Å². The Kier molecular flexibility index (Phi) is 4.02. The third-order valence-electron chi connectivity index (χ3n) is 3.93. The standard InChI is InChI=1S/C18H18N2O3/c1-12-5-3-4-6-16(12)20-17(21)11-15(18(20)22)19-13-7-9-14(23-2)10-8-13/h3-10,15,19H,11H2,1-2H3/t15-/m1/s1. The lowest BCUT2D eigenvalue weighted by Crippen LogP contribution is -2.35. The van der Waals surface area contributed by atoms with Crippen LogP contribution in [-0.2, 0) is 9.59 Å². The molecule has 0 unspecified atom stereocenters. The molecule has 0 radical (unpaired) electrons. The van der Waals surface area contributed by atoms with Gasteiger partial charge in [0.15, 0.2) is 0 Å². The second-order valence-electron chi connectivity index (χ2n) is 5.48. The van der Waals surface area contributed by atoms with Crippen LogP contribution in [0.3, 0.4) is 0 Å². The number of methoxy groups -OCH3 is 1. The predicted molar refractivity (Wildman–Crippen MR) is 88.7 cm³/mol. The summed E-state index contributed by atoms with van der Waals surface area (Å²) in [5.41, 5.74) is 2.34. The van der Waals surface area contributed by atoms with E-state index in [0.29, 0.717) is 5.69 Å². The molecule has 118 valence electrons. The van der Waals surface area contributed by atoms with Gasteiger partial charge in [0, 0.05) is 5.69 Å². The highest BCUT2D eigenvalue weighted by molar-refractivity contribution is 6.23. The van der Waals surface area contributed by atoms with Gasteiger partial charge in [0.25, 0.3) is 5.91 Å². The summed E-state index contributed by atoms with van der Waals surface area (Å²) in [6, 6.07) is 14.1. The summed E-state index contributed by atoms with van der Waals surface area (Å²) in [6.45, 7) is 1.89. The average molecular weight is 310 g/mol. The number of benzene rings is 2. The molecule has 5 nitrogen and oxygen atoms in total. The van der Waals surface area contributed by atoms with Crippen LogP contribution in [0.5, 0.6) is 5.75 Å². The van der Waals surface area contributed by atoms with E-state index in [4.69, 9.17) is 4.74 Å². The zero-order valence-electron chi connectivity index (χ0n) is 13.1. The van der Waals surface area contributed by atoms with E-state index in [9.17, 15) is 9.59 Å². The van der Waals surface area contributed by atoms with E-state index in [1.165, 1.54) is 4.90 Å². The maximum atomic E-state index is 12.6. The maximum absolute atomic E-state index is 12.6. The second kappa shape index (κ2) is 6.12. The molecule has 2 aromatic carbocycles. The van der Waals surface area contributed by atoms with Gasteiger partial charge >= 0.3 is 0 Å². The van der Waals surface area contributed by atoms with Crippen LogP contribution in [0, 0.1) is 6.92 Å². The van der Waals surface area contributed by atoms with Crippen molar-refractivity contribution in [2.75, 3.05) is 17.3 Å². The fourth-order valence-electron chi connectivity index (χ4n) is 2.70. The van der Waals surface area contributed by atoms with Crippen LogP contribution in [0.1, 0.15) is 12.0 Å². The zero-order chi connectivity index (χ0) is 16.4. The highest BCUT2D eigenvalue weighted by Gasteiger charge is 2.39. The van der Waals surface area contributed by atoms with Gasteiger partial charge in [-0.05, 0) is 42.8 Å². The summed E-state index contributed by atoms with van der Waals surface area (Å²) >= 11 is 0. The molecule has 1 heterocycles. The van der Waals surface area contributed by atoms with Gasteiger partial charge < -0.3 is 10.1 Å². The van der Waals surface area contributed by atoms with Crippen LogP contribution in [0.15, 0.2) is 48.5 Å².